The maximum absolute atomic E-state index is 12.1. The number of hydrogen-bond donors (Lipinski definition) is 3. The number of nitrogen functional groups attached to an aromatic ring is 1. The molecule has 0 aromatic heterocycles. The van der Waals surface area contributed by atoms with Crippen molar-refractivity contribution in [3.63, 3.8) is 0 Å². The summed E-state index contributed by atoms with van der Waals surface area (Å²) in [5.74, 6) is -0.742. The van der Waals surface area contributed by atoms with Gasteiger partial charge in [0.2, 0.25) is 0 Å². The first kappa shape index (κ1) is 15.1. The topological polar surface area (TPSA) is 84.6 Å². The van der Waals surface area contributed by atoms with Crippen LogP contribution in [0.3, 0.4) is 0 Å². The highest BCUT2D eigenvalue weighted by Crippen LogP contribution is 2.26. The van der Waals surface area contributed by atoms with Gasteiger partial charge in [0.1, 0.15) is 0 Å². The summed E-state index contributed by atoms with van der Waals surface area (Å²) >= 11 is 0. The molecule has 4 N–H and O–H groups in total. The van der Waals surface area contributed by atoms with Gasteiger partial charge in [0.15, 0.2) is 11.9 Å². The number of methoxy groups -OCH3 is 1. The third kappa shape index (κ3) is 3.75. The Morgan fingerprint density at radius 2 is 2.16 bits per heavy atom. The Hall–Kier alpha value is -1.96. The molecule has 1 rings (SSSR count). The SMILES string of the molecule is COc1c(N)cccc1C(=O)NCC(O)C(F)(F)F. The van der Waals surface area contributed by atoms with E-state index in [1.807, 2.05) is 5.32 Å². The molecule has 0 aliphatic heterocycles. The molecule has 0 saturated heterocycles. The monoisotopic (exact) mass is 278 g/mol. The lowest BCUT2D eigenvalue weighted by Crippen LogP contribution is -2.40. The molecule has 0 spiro atoms. The Labute approximate surface area is 107 Å². The number of benzene rings is 1. The molecule has 19 heavy (non-hydrogen) atoms. The average Bonchev–Trinajstić information content (AvgIpc) is 2.33. The molecular weight excluding hydrogens is 265 g/mol. The second-order valence-electron chi connectivity index (χ2n) is 3.70. The van der Waals surface area contributed by atoms with Gasteiger partial charge in [-0.25, -0.2) is 0 Å². The van der Waals surface area contributed by atoms with E-state index in [0.717, 1.165) is 0 Å². The van der Waals surface area contributed by atoms with Crippen LogP contribution in [0.4, 0.5) is 18.9 Å². The highest BCUT2D eigenvalue weighted by molar-refractivity contribution is 5.98. The number of nitrogens with one attached hydrogen (secondary N) is 1. The number of ether oxygens (including phenoxy) is 1. The first-order valence-electron chi connectivity index (χ1n) is 5.22. The molecule has 0 bridgehead atoms. The largest absolute Gasteiger partial charge is 0.494 e. The first-order valence-corrected chi connectivity index (χ1v) is 5.22. The van der Waals surface area contributed by atoms with Gasteiger partial charge in [0, 0.05) is 0 Å². The predicted octanol–water partition coefficient (Wildman–Crippen LogP) is 0.930. The van der Waals surface area contributed by atoms with Gasteiger partial charge in [-0.2, -0.15) is 13.2 Å². The molecule has 5 nitrogen and oxygen atoms in total. The molecule has 8 heteroatoms. The fraction of sp³-hybridized carbons (Fsp3) is 0.364. The van der Waals surface area contributed by atoms with E-state index >= 15 is 0 Å². The Morgan fingerprint density at radius 3 is 2.68 bits per heavy atom. The number of para-hydroxylation sites is 1. The number of anilines is 1. The number of carbonyl (C=O) groups excluding carboxylic acids is 1. The van der Waals surface area contributed by atoms with Crippen LogP contribution in [0.5, 0.6) is 5.75 Å². The maximum Gasteiger partial charge on any atom is 0.416 e. The van der Waals surface area contributed by atoms with Gasteiger partial charge in [0.25, 0.3) is 5.91 Å². The van der Waals surface area contributed by atoms with Gasteiger partial charge < -0.3 is 20.9 Å². The molecule has 0 aliphatic rings. The summed E-state index contributed by atoms with van der Waals surface area (Å²) in [5, 5.41) is 10.7. The van der Waals surface area contributed by atoms with Crippen LogP contribution in [0, 0.1) is 0 Å². The van der Waals surface area contributed by atoms with Crippen LogP contribution in [0.2, 0.25) is 0 Å². The second kappa shape index (κ2) is 5.79. The zero-order valence-electron chi connectivity index (χ0n) is 9.99. The fourth-order valence-corrected chi connectivity index (χ4v) is 1.36. The molecule has 1 aromatic carbocycles. The summed E-state index contributed by atoms with van der Waals surface area (Å²) in [6.07, 6.45) is -7.41. The smallest absolute Gasteiger partial charge is 0.416 e. The Kier molecular flexibility index (Phi) is 4.60. The van der Waals surface area contributed by atoms with E-state index in [1.54, 1.807) is 0 Å². The highest BCUT2D eigenvalue weighted by atomic mass is 19.4. The van der Waals surface area contributed by atoms with Crippen LogP contribution in [0.1, 0.15) is 10.4 Å². The summed E-state index contributed by atoms with van der Waals surface area (Å²) < 4.78 is 41.1. The van der Waals surface area contributed by atoms with Crippen molar-refractivity contribution in [3.8, 4) is 5.75 Å². The van der Waals surface area contributed by atoms with Crippen LogP contribution in [-0.4, -0.2) is 36.9 Å². The van der Waals surface area contributed by atoms with Crippen LogP contribution in [0.15, 0.2) is 18.2 Å². The number of amides is 1. The molecule has 0 aliphatic carbocycles. The van der Waals surface area contributed by atoms with E-state index in [0.29, 0.717) is 0 Å². The molecule has 1 unspecified atom stereocenters. The highest BCUT2D eigenvalue weighted by Gasteiger charge is 2.38. The number of nitrogens with two attached hydrogens (primary N) is 1. The van der Waals surface area contributed by atoms with Crippen molar-refractivity contribution >= 4 is 11.6 Å². The van der Waals surface area contributed by atoms with Gasteiger partial charge in [-0.1, -0.05) is 6.07 Å². The summed E-state index contributed by atoms with van der Waals surface area (Å²) in [6, 6.07) is 4.30. The number of carbonyl (C=O) groups is 1. The molecule has 1 aromatic rings. The van der Waals surface area contributed by atoms with Crippen LogP contribution >= 0.6 is 0 Å². The number of alkyl halides is 3. The number of hydrogen-bond acceptors (Lipinski definition) is 4. The van der Waals surface area contributed by atoms with Gasteiger partial charge >= 0.3 is 6.18 Å². The minimum Gasteiger partial charge on any atom is -0.494 e. The fourth-order valence-electron chi connectivity index (χ4n) is 1.36. The van der Waals surface area contributed by atoms with Gasteiger partial charge in [-0.15, -0.1) is 0 Å². The summed E-state index contributed by atoms with van der Waals surface area (Å²) in [5.41, 5.74) is 5.74. The number of aliphatic hydroxyl groups excluding tert-OH is 1. The normalized spacial score (nSPS) is 12.9. The quantitative estimate of drug-likeness (QED) is 0.715. The summed E-state index contributed by atoms with van der Waals surface area (Å²) in [7, 11) is 1.28. The third-order valence-electron chi connectivity index (χ3n) is 2.33. The van der Waals surface area contributed by atoms with E-state index in [1.165, 1.54) is 25.3 Å². The van der Waals surface area contributed by atoms with Crippen LogP contribution < -0.4 is 15.8 Å². The lowest BCUT2D eigenvalue weighted by Gasteiger charge is -2.16. The van der Waals surface area contributed by atoms with Crippen molar-refractivity contribution in [3.05, 3.63) is 23.8 Å². The molecule has 0 fully saturated rings. The molecule has 0 heterocycles. The Balaban J connectivity index is 2.77. The first-order chi connectivity index (χ1) is 8.77. The number of rotatable bonds is 4. The second-order valence-corrected chi connectivity index (χ2v) is 3.70. The van der Waals surface area contributed by atoms with Gasteiger partial charge in [-0.05, 0) is 12.1 Å². The van der Waals surface area contributed by atoms with E-state index in [-0.39, 0.29) is 17.0 Å². The molecule has 1 amide bonds. The van der Waals surface area contributed by atoms with Crippen molar-refractivity contribution in [1.82, 2.24) is 5.32 Å². The summed E-state index contributed by atoms with van der Waals surface area (Å²) in [6.45, 7) is -0.944. The van der Waals surface area contributed by atoms with Crippen molar-refractivity contribution < 1.29 is 27.8 Å². The Morgan fingerprint density at radius 1 is 1.53 bits per heavy atom. The zero-order valence-corrected chi connectivity index (χ0v) is 9.99. The number of halogens is 3. The standard InChI is InChI=1S/C11H13F3N2O3/c1-19-9-6(3-2-4-7(9)15)10(18)16-5-8(17)11(12,13)14/h2-4,8,17H,5,15H2,1H3,(H,16,18). The third-order valence-corrected chi connectivity index (χ3v) is 2.33. The van der Waals surface area contributed by atoms with Crippen molar-refractivity contribution in [2.24, 2.45) is 0 Å². The summed E-state index contributed by atoms with van der Waals surface area (Å²) in [4.78, 5) is 11.7. The van der Waals surface area contributed by atoms with E-state index < -0.39 is 24.7 Å². The minimum absolute atomic E-state index is 0.00289. The predicted molar refractivity (Wildman–Crippen MR) is 61.8 cm³/mol. The Bertz CT molecular complexity index is 463. The maximum atomic E-state index is 12.1. The van der Waals surface area contributed by atoms with Crippen molar-refractivity contribution in [2.75, 3.05) is 19.4 Å². The van der Waals surface area contributed by atoms with Crippen LogP contribution in [-0.2, 0) is 0 Å². The van der Waals surface area contributed by atoms with Crippen LogP contribution in [0.25, 0.3) is 0 Å². The molecular formula is C11H13F3N2O3. The molecule has 1 atom stereocenters. The van der Waals surface area contributed by atoms with E-state index in [2.05, 4.69) is 0 Å². The lowest BCUT2D eigenvalue weighted by molar-refractivity contribution is -0.201. The van der Waals surface area contributed by atoms with Gasteiger partial charge in [0.05, 0.1) is 24.9 Å². The lowest BCUT2D eigenvalue weighted by atomic mass is 10.1. The zero-order chi connectivity index (χ0) is 14.6. The molecule has 106 valence electrons. The van der Waals surface area contributed by atoms with Crippen molar-refractivity contribution in [2.45, 2.75) is 12.3 Å². The minimum atomic E-state index is -4.78. The number of aliphatic hydroxyl groups is 1. The molecule has 0 radical (unpaired) electrons. The molecule has 0 saturated carbocycles. The van der Waals surface area contributed by atoms with Gasteiger partial charge in [-0.3, -0.25) is 4.79 Å². The van der Waals surface area contributed by atoms with Crippen molar-refractivity contribution in [1.29, 1.82) is 0 Å². The van der Waals surface area contributed by atoms with E-state index in [4.69, 9.17) is 15.6 Å². The average molecular weight is 278 g/mol. The van der Waals surface area contributed by atoms with E-state index in [9.17, 15) is 18.0 Å².